The summed E-state index contributed by atoms with van der Waals surface area (Å²) in [6.07, 6.45) is 1.52. The maximum atomic E-state index is 10.9. The van der Waals surface area contributed by atoms with Crippen LogP contribution in [0.5, 0.6) is 0 Å². The van der Waals surface area contributed by atoms with Crippen LogP contribution in [0.15, 0.2) is 12.7 Å². The van der Waals surface area contributed by atoms with Crippen LogP contribution in [-0.2, 0) is 14.8 Å². The van der Waals surface area contributed by atoms with Crippen molar-refractivity contribution in [3.05, 3.63) is 12.7 Å². The second-order valence-corrected chi connectivity index (χ2v) is 4.41. The fourth-order valence-corrected chi connectivity index (χ4v) is 1.08. The Bertz CT molecular complexity index is 271. The second kappa shape index (κ2) is 5.71. The molecular weight excluding hydrogens is 192 g/mol. The highest BCUT2D eigenvalue weighted by Crippen LogP contribution is 1.80. The molecule has 0 saturated carbocycles. The van der Waals surface area contributed by atoms with E-state index in [1.54, 1.807) is 0 Å². The predicted octanol–water partition coefficient (Wildman–Crippen LogP) is -0.772. The lowest BCUT2D eigenvalue weighted by Crippen LogP contribution is -2.37. The van der Waals surface area contributed by atoms with Crippen LogP contribution in [0.25, 0.3) is 0 Å². The van der Waals surface area contributed by atoms with E-state index < -0.39 is 10.0 Å². The van der Waals surface area contributed by atoms with Gasteiger partial charge in [-0.05, 0) is 6.92 Å². The smallest absolute Gasteiger partial charge is 0.235 e. The van der Waals surface area contributed by atoms with Gasteiger partial charge in [-0.2, -0.15) is 0 Å². The van der Waals surface area contributed by atoms with Crippen molar-refractivity contribution in [1.29, 1.82) is 0 Å². The molecule has 0 fully saturated rings. The van der Waals surface area contributed by atoms with Gasteiger partial charge >= 0.3 is 0 Å². The highest BCUT2D eigenvalue weighted by molar-refractivity contribution is 7.89. The molecule has 0 aromatic carbocycles. The van der Waals surface area contributed by atoms with Gasteiger partial charge in [-0.3, -0.25) is 4.79 Å². The van der Waals surface area contributed by atoms with E-state index >= 15 is 0 Å². The Morgan fingerprint density at radius 3 is 2.62 bits per heavy atom. The number of amides is 1. The quantitative estimate of drug-likeness (QED) is 0.560. The van der Waals surface area contributed by atoms with E-state index in [0.717, 1.165) is 0 Å². The fraction of sp³-hybridized carbons (Fsp3) is 0.571. The van der Waals surface area contributed by atoms with Crippen LogP contribution < -0.4 is 10.0 Å². The Kier molecular flexibility index (Phi) is 5.33. The Hall–Kier alpha value is -0.880. The summed E-state index contributed by atoms with van der Waals surface area (Å²) in [4.78, 5) is 10.9. The number of hydrogen-bond donors (Lipinski definition) is 2. The van der Waals surface area contributed by atoms with Crippen molar-refractivity contribution < 1.29 is 13.2 Å². The predicted molar refractivity (Wildman–Crippen MR) is 50.7 cm³/mol. The normalized spacial score (nSPS) is 10.8. The zero-order valence-electron chi connectivity index (χ0n) is 7.54. The lowest BCUT2D eigenvalue weighted by molar-refractivity contribution is -0.119. The zero-order valence-corrected chi connectivity index (χ0v) is 8.36. The zero-order chi connectivity index (χ0) is 10.3. The maximum absolute atomic E-state index is 10.9. The first kappa shape index (κ1) is 12.1. The monoisotopic (exact) mass is 206 g/mol. The average molecular weight is 206 g/mol. The number of sulfonamides is 1. The molecule has 0 aliphatic rings. The van der Waals surface area contributed by atoms with Crippen LogP contribution in [0.4, 0.5) is 0 Å². The van der Waals surface area contributed by atoms with Crippen LogP contribution >= 0.6 is 0 Å². The SMILES string of the molecule is C=CCNC(=O)CNS(=O)(=O)CC. The van der Waals surface area contributed by atoms with Crippen molar-refractivity contribution in [3.63, 3.8) is 0 Å². The highest BCUT2D eigenvalue weighted by atomic mass is 32.2. The average Bonchev–Trinajstić information content (AvgIpc) is 2.11. The molecule has 5 nitrogen and oxygen atoms in total. The third-order valence-corrected chi connectivity index (χ3v) is 2.62. The molecular formula is C7H14N2O3S. The minimum Gasteiger partial charge on any atom is -0.352 e. The molecule has 0 unspecified atom stereocenters. The molecule has 0 saturated heterocycles. The number of nitrogens with one attached hydrogen (secondary N) is 2. The van der Waals surface area contributed by atoms with Crippen LogP contribution in [0.1, 0.15) is 6.92 Å². The van der Waals surface area contributed by atoms with Gasteiger partial charge < -0.3 is 5.32 Å². The van der Waals surface area contributed by atoms with E-state index in [0.29, 0.717) is 6.54 Å². The summed E-state index contributed by atoms with van der Waals surface area (Å²) in [7, 11) is -3.28. The summed E-state index contributed by atoms with van der Waals surface area (Å²) in [5.41, 5.74) is 0. The second-order valence-electron chi connectivity index (χ2n) is 2.32. The number of rotatable bonds is 6. The molecule has 76 valence electrons. The summed E-state index contributed by atoms with van der Waals surface area (Å²) in [6, 6.07) is 0. The first-order valence-corrected chi connectivity index (χ1v) is 5.52. The largest absolute Gasteiger partial charge is 0.352 e. The molecule has 0 radical (unpaired) electrons. The van der Waals surface area contributed by atoms with Crippen molar-refractivity contribution in [1.82, 2.24) is 10.0 Å². The van der Waals surface area contributed by atoms with E-state index in [1.807, 2.05) is 0 Å². The van der Waals surface area contributed by atoms with Crippen molar-refractivity contribution in [3.8, 4) is 0 Å². The number of carbonyl (C=O) groups excluding carboxylic acids is 1. The Morgan fingerprint density at radius 1 is 1.54 bits per heavy atom. The van der Waals surface area contributed by atoms with Crippen molar-refractivity contribution in [2.75, 3.05) is 18.8 Å². The van der Waals surface area contributed by atoms with Crippen molar-refractivity contribution in [2.45, 2.75) is 6.92 Å². The van der Waals surface area contributed by atoms with Crippen LogP contribution in [0.2, 0.25) is 0 Å². The van der Waals surface area contributed by atoms with Gasteiger partial charge in [-0.1, -0.05) is 6.08 Å². The third-order valence-electron chi connectivity index (χ3n) is 1.28. The summed E-state index contributed by atoms with van der Waals surface area (Å²) >= 11 is 0. The van der Waals surface area contributed by atoms with E-state index in [4.69, 9.17) is 0 Å². The van der Waals surface area contributed by atoms with Gasteiger partial charge in [0.15, 0.2) is 0 Å². The van der Waals surface area contributed by atoms with Crippen molar-refractivity contribution in [2.24, 2.45) is 0 Å². The minimum atomic E-state index is -3.28. The topological polar surface area (TPSA) is 75.3 Å². The lowest BCUT2D eigenvalue weighted by atomic mass is 10.5. The molecule has 0 atom stereocenters. The molecule has 2 N–H and O–H groups in total. The highest BCUT2D eigenvalue weighted by Gasteiger charge is 2.08. The molecule has 1 amide bonds. The van der Waals surface area contributed by atoms with Gasteiger partial charge in [-0.25, -0.2) is 13.1 Å². The summed E-state index contributed by atoms with van der Waals surface area (Å²) in [5, 5.41) is 2.45. The molecule has 0 aromatic heterocycles. The molecule has 0 bridgehead atoms. The summed E-state index contributed by atoms with van der Waals surface area (Å²) in [6.45, 7) is 5.03. The maximum Gasteiger partial charge on any atom is 0.235 e. The molecule has 0 heterocycles. The molecule has 13 heavy (non-hydrogen) atoms. The lowest BCUT2D eigenvalue weighted by Gasteiger charge is -2.03. The molecule has 0 rings (SSSR count). The minimum absolute atomic E-state index is 0.0261. The van der Waals surface area contributed by atoms with Gasteiger partial charge in [0, 0.05) is 6.54 Å². The summed E-state index contributed by atoms with van der Waals surface area (Å²) < 4.78 is 23.9. The first-order chi connectivity index (χ1) is 6.02. The van der Waals surface area contributed by atoms with E-state index in [2.05, 4.69) is 16.6 Å². The number of carbonyl (C=O) groups is 1. The number of hydrogen-bond acceptors (Lipinski definition) is 3. The van der Waals surface area contributed by atoms with Gasteiger partial charge in [0.2, 0.25) is 15.9 Å². The van der Waals surface area contributed by atoms with E-state index in [9.17, 15) is 13.2 Å². The Morgan fingerprint density at radius 2 is 2.15 bits per heavy atom. The van der Waals surface area contributed by atoms with Gasteiger partial charge in [-0.15, -0.1) is 6.58 Å². The van der Waals surface area contributed by atoms with Crippen LogP contribution in [-0.4, -0.2) is 33.2 Å². The fourth-order valence-electron chi connectivity index (χ4n) is 0.526. The van der Waals surface area contributed by atoms with E-state index in [1.165, 1.54) is 13.0 Å². The molecule has 0 aliphatic carbocycles. The van der Waals surface area contributed by atoms with Gasteiger partial charge in [0.25, 0.3) is 0 Å². The molecule has 0 aliphatic heterocycles. The molecule has 6 heteroatoms. The van der Waals surface area contributed by atoms with E-state index in [-0.39, 0.29) is 18.2 Å². The first-order valence-electron chi connectivity index (χ1n) is 3.86. The standard InChI is InChI=1S/C7H14N2O3S/c1-3-5-8-7(10)6-9-13(11,12)4-2/h3,9H,1,4-6H2,2H3,(H,8,10). The van der Waals surface area contributed by atoms with Crippen LogP contribution in [0, 0.1) is 0 Å². The molecule has 0 spiro atoms. The molecule has 0 aromatic rings. The Labute approximate surface area is 78.3 Å². The van der Waals surface area contributed by atoms with Gasteiger partial charge in [0.1, 0.15) is 0 Å². The summed E-state index contributed by atoms with van der Waals surface area (Å²) in [5.74, 6) is -0.390. The Balaban J connectivity index is 3.76. The van der Waals surface area contributed by atoms with Gasteiger partial charge in [0.05, 0.1) is 12.3 Å². The van der Waals surface area contributed by atoms with Crippen molar-refractivity contribution >= 4 is 15.9 Å². The van der Waals surface area contributed by atoms with Crippen LogP contribution in [0.3, 0.4) is 0 Å². The third kappa shape index (κ3) is 6.30.